The van der Waals surface area contributed by atoms with E-state index in [4.69, 9.17) is 5.73 Å². The predicted molar refractivity (Wildman–Crippen MR) is 73.0 cm³/mol. The van der Waals surface area contributed by atoms with Gasteiger partial charge in [-0.2, -0.15) is 0 Å². The van der Waals surface area contributed by atoms with E-state index in [1.807, 2.05) is 0 Å². The summed E-state index contributed by atoms with van der Waals surface area (Å²) in [6.45, 7) is 5.45. The Balaban J connectivity index is 1.80. The number of hydrogen-bond donors (Lipinski definition) is 1. The molecule has 0 radical (unpaired) electrons. The maximum atomic E-state index is 5.72. The second-order valence-corrected chi connectivity index (χ2v) is 5.25. The molecule has 1 aromatic carbocycles. The van der Waals surface area contributed by atoms with Crippen LogP contribution in [0.5, 0.6) is 0 Å². The van der Waals surface area contributed by atoms with Gasteiger partial charge in [0.15, 0.2) is 0 Å². The van der Waals surface area contributed by atoms with Crippen molar-refractivity contribution < 1.29 is 0 Å². The summed E-state index contributed by atoms with van der Waals surface area (Å²) < 4.78 is 0. The predicted octanol–water partition coefficient (Wildman–Crippen LogP) is 2.29. The topological polar surface area (TPSA) is 29.3 Å². The van der Waals surface area contributed by atoms with Crippen molar-refractivity contribution in [3.8, 4) is 0 Å². The van der Waals surface area contributed by atoms with Gasteiger partial charge < -0.3 is 5.73 Å². The zero-order chi connectivity index (χ0) is 12.1. The van der Waals surface area contributed by atoms with Gasteiger partial charge in [-0.3, -0.25) is 4.90 Å². The Morgan fingerprint density at radius 2 is 1.88 bits per heavy atom. The summed E-state index contributed by atoms with van der Waals surface area (Å²) >= 11 is 0. The second kappa shape index (κ2) is 6.18. The highest BCUT2D eigenvalue weighted by molar-refractivity contribution is 5.15. The number of hydrogen-bond acceptors (Lipinski definition) is 2. The third-order valence-electron chi connectivity index (χ3n) is 3.98. The minimum atomic E-state index is 0.549. The van der Waals surface area contributed by atoms with Gasteiger partial charge in [0.25, 0.3) is 0 Å². The first-order valence-corrected chi connectivity index (χ1v) is 6.77. The summed E-state index contributed by atoms with van der Waals surface area (Å²) in [5, 5.41) is 0. The molecular weight excluding hydrogens is 208 g/mol. The van der Waals surface area contributed by atoms with E-state index in [9.17, 15) is 0 Å². The smallest absolute Gasteiger partial charge is 0.0190 e. The van der Waals surface area contributed by atoms with Crippen LogP contribution in [0.1, 0.15) is 25.3 Å². The van der Waals surface area contributed by atoms with Crippen molar-refractivity contribution in [3.63, 3.8) is 0 Å². The van der Waals surface area contributed by atoms with Gasteiger partial charge in [0.2, 0.25) is 0 Å². The van der Waals surface area contributed by atoms with Crippen LogP contribution in [0.4, 0.5) is 0 Å². The van der Waals surface area contributed by atoms with Crippen molar-refractivity contribution in [1.82, 2.24) is 4.90 Å². The average molecular weight is 232 g/mol. The molecule has 0 aromatic heterocycles. The maximum Gasteiger partial charge on any atom is 0.0190 e. The summed E-state index contributed by atoms with van der Waals surface area (Å²) in [7, 11) is 0. The SMILES string of the molecule is C[C@H](CN)N1CCC(Cc2ccccc2)CC1. The van der Waals surface area contributed by atoms with Crippen molar-refractivity contribution in [2.75, 3.05) is 19.6 Å². The molecule has 0 unspecified atom stereocenters. The molecule has 2 heteroatoms. The summed E-state index contributed by atoms with van der Waals surface area (Å²) in [4.78, 5) is 2.53. The normalized spacial score (nSPS) is 20.4. The number of benzene rings is 1. The van der Waals surface area contributed by atoms with Gasteiger partial charge in [-0.05, 0) is 50.8 Å². The van der Waals surface area contributed by atoms with Crippen LogP contribution in [0.3, 0.4) is 0 Å². The molecule has 1 saturated heterocycles. The van der Waals surface area contributed by atoms with Gasteiger partial charge in [0.1, 0.15) is 0 Å². The minimum Gasteiger partial charge on any atom is -0.329 e. The molecule has 1 aliphatic rings. The van der Waals surface area contributed by atoms with Crippen LogP contribution in [-0.4, -0.2) is 30.6 Å². The van der Waals surface area contributed by atoms with Crippen molar-refractivity contribution in [1.29, 1.82) is 0 Å². The van der Waals surface area contributed by atoms with Crippen molar-refractivity contribution >= 4 is 0 Å². The minimum absolute atomic E-state index is 0.549. The third kappa shape index (κ3) is 3.55. The maximum absolute atomic E-state index is 5.72. The molecule has 1 heterocycles. The van der Waals surface area contributed by atoms with Gasteiger partial charge in [-0.15, -0.1) is 0 Å². The Bertz CT molecular complexity index is 315. The molecule has 0 aliphatic carbocycles. The summed E-state index contributed by atoms with van der Waals surface area (Å²) in [6.07, 6.45) is 3.88. The molecular formula is C15H24N2. The standard InChI is InChI=1S/C15H24N2/c1-13(12-16)17-9-7-15(8-10-17)11-14-5-3-2-4-6-14/h2-6,13,15H,7-12,16H2,1H3/t13-/m1/s1. The summed E-state index contributed by atoms with van der Waals surface area (Å²) in [6, 6.07) is 11.4. The van der Waals surface area contributed by atoms with Crippen LogP contribution < -0.4 is 5.73 Å². The van der Waals surface area contributed by atoms with Crippen LogP contribution in [0, 0.1) is 5.92 Å². The second-order valence-electron chi connectivity index (χ2n) is 5.25. The average Bonchev–Trinajstić information content (AvgIpc) is 2.40. The molecule has 2 nitrogen and oxygen atoms in total. The van der Waals surface area contributed by atoms with Crippen molar-refractivity contribution in [3.05, 3.63) is 35.9 Å². The summed E-state index contributed by atoms with van der Waals surface area (Å²) in [5.41, 5.74) is 7.20. The quantitative estimate of drug-likeness (QED) is 0.863. The van der Waals surface area contributed by atoms with Gasteiger partial charge in [-0.25, -0.2) is 0 Å². The number of nitrogens with two attached hydrogens (primary N) is 1. The third-order valence-corrected chi connectivity index (χ3v) is 3.98. The van der Waals surface area contributed by atoms with Crippen LogP contribution >= 0.6 is 0 Å². The van der Waals surface area contributed by atoms with Gasteiger partial charge in [-0.1, -0.05) is 30.3 Å². The van der Waals surface area contributed by atoms with Crippen LogP contribution in [0.15, 0.2) is 30.3 Å². The van der Waals surface area contributed by atoms with E-state index in [1.165, 1.54) is 37.9 Å². The van der Waals surface area contributed by atoms with Crippen molar-refractivity contribution in [2.24, 2.45) is 11.7 Å². The van der Waals surface area contributed by atoms with Crippen LogP contribution in [0.25, 0.3) is 0 Å². The molecule has 1 aromatic rings. The zero-order valence-electron chi connectivity index (χ0n) is 10.8. The van der Waals surface area contributed by atoms with E-state index in [0.29, 0.717) is 6.04 Å². The van der Waals surface area contributed by atoms with Gasteiger partial charge in [0, 0.05) is 12.6 Å². The molecule has 17 heavy (non-hydrogen) atoms. The van der Waals surface area contributed by atoms with Gasteiger partial charge >= 0.3 is 0 Å². The fourth-order valence-corrected chi connectivity index (χ4v) is 2.69. The largest absolute Gasteiger partial charge is 0.329 e. The Morgan fingerprint density at radius 1 is 1.24 bits per heavy atom. The van der Waals surface area contributed by atoms with E-state index in [1.54, 1.807) is 0 Å². The van der Waals surface area contributed by atoms with E-state index in [-0.39, 0.29) is 0 Å². The Morgan fingerprint density at radius 3 is 2.47 bits per heavy atom. The molecule has 0 spiro atoms. The lowest BCUT2D eigenvalue weighted by molar-refractivity contribution is 0.144. The van der Waals surface area contributed by atoms with Crippen LogP contribution in [0.2, 0.25) is 0 Å². The molecule has 1 aliphatic heterocycles. The van der Waals surface area contributed by atoms with E-state index in [2.05, 4.69) is 42.2 Å². The number of likely N-dealkylation sites (tertiary alicyclic amines) is 1. The fourth-order valence-electron chi connectivity index (χ4n) is 2.69. The van der Waals surface area contributed by atoms with E-state index < -0.39 is 0 Å². The Labute approximate surface area is 105 Å². The van der Waals surface area contributed by atoms with Crippen molar-refractivity contribution in [2.45, 2.75) is 32.2 Å². The molecule has 0 amide bonds. The fraction of sp³-hybridized carbons (Fsp3) is 0.600. The lowest BCUT2D eigenvalue weighted by atomic mass is 9.90. The first-order valence-electron chi connectivity index (χ1n) is 6.77. The zero-order valence-corrected chi connectivity index (χ0v) is 10.8. The molecule has 2 rings (SSSR count). The molecule has 2 N–H and O–H groups in total. The number of nitrogens with zero attached hydrogens (tertiary/aromatic N) is 1. The molecule has 0 saturated carbocycles. The van der Waals surface area contributed by atoms with E-state index in [0.717, 1.165) is 12.5 Å². The first kappa shape index (κ1) is 12.6. The first-order chi connectivity index (χ1) is 8.29. The Kier molecular flexibility index (Phi) is 4.57. The highest BCUT2D eigenvalue weighted by Crippen LogP contribution is 2.22. The molecule has 1 atom stereocenters. The molecule has 0 bridgehead atoms. The number of rotatable bonds is 4. The molecule has 94 valence electrons. The van der Waals surface area contributed by atoms with Crippen LogP contribution in [-0.2, 0) is 6.42 Å². The lowest BCUT2D eigenvalue weighted by Gasteiger charge is -2.35. The highest BCUT2D eigenvalue weighted by Gasteiger charge is 2.21. The van der Waals surface area contributed by atoms with E-state index >= 15 is 0 Å². The molecule has 1 fully saturated rings. The van der Waals surface area contributed by atoms with Gasteiger partial charge in [0.05, 0.1) is 0 Å². The lowest BCUT2D eigenvalue weighted by Crippen LogP contribution is -2.43. The number of piperidine rings is 1. The Hall–Kier alpha value is -0.860. The monoisotopic (exact) mass is 232 g/mol. The highest BCUT2D eigenvalue weighted by atomic mass is 15.2. The summed E-state index contributed by atoms with van der Waals surface area (Å²) in [5.74, 6) is 0.860.